The quantitative estimate of drug-likeness (QED) is 0.499. The molecule has 1 N–H and O–H groups in total. The molecule has 9 heteroatoms. The Hall–Kier alpha value is -3.85. The van der Waals surface area contributed by atoms with Crippen LogP contribution < -0.4 is 10.2 Å². The summed E-state index contributed by atoms with van der Waals surface area (Å²) < 4.78 is 5.47. The van der Waals surface area contributed by atoms with Crippen LogP contribution in [0.5, 0.6) is 0 Å². The van der Waals surface area contributed by atoms with Crippen molar-refractivity contribution in [1.29, 1.82) is 0 Å². The van der Waals surface area contributed by atoms with Gasteiger partial charge in [0.25, 0.3) is 0 Å². The smallest absolute Gasteiger partial charge is 0.227 e. The first-order valence-corrected chi connectivity index (χ1v) is 10.7. The topological polar surface area (TPSA) is 93.9 Å². The van der Waals surface area contributed by atoms with Crippen molar-refractivity contribution >= 4 is 17.3 Å². The minimum Gasteiger partial charge on any atom is -0.378 e. The van der Waals surface area contributed by atoms with Gasteiger partial charge in [-0.3, -0.25) is 0 Å². The zero-order valence-electron chi connectivity index (χ0n) is 17.8. The standard InChI is InChI=1S/C23H24N8O/c1-2-31-28-22(27-29-31)17-6-8-19(9-7-17)25-23-24-11-10-21(26-23)18-4-3-5-20(16-18)30-12-14-32-15-13-30/h3-11,16H,2,12-15H2,1H3,(H,24,25,26). The molecular formula is C23H24N8O. The number of tetrazole rings is 1. The zero-order valence-corrected chi connectivity index (χ0v) is 17.8. The lowest BCUT2D eigenvalue weighted by atomic mass is 10.1. The van der Waals surface area contributed by atoms with E-state index >= 15 is 0 Å². The molecule has 9 nitrogen and oxygen atoms in total. The maximum Gasteiger partial charge on any atom is 0.227 e. The maximum absolute atomic E-state index is 5.47. The van der Waals surface area contributed by atoms with Crippen LogP contribution in [0, 0.1) is 0 Å². The fourth-order valence-corrected chi connectivity index (χ4v) is 3.59. The summed E-state index contributed by atoms with van der Waals surface area (Å²) in [7, 11) is 0. The van der Waals surface area contributed by atoms with Crippen LogP contribution in [0.25, 0.3) is 22.6 Å². The predicted molar refractivity (Wildman–Crippen MR) is 123 cm³/mol. The number of rotatable bonds is 6. The van der Waals surface area contributed by atoms with E-state index in [2.05, 4.69) is 54.9 Å². The Balaban J connectivity index is 1.32. The Labute approximate surface area is 186 Å². The highest BCUT2D eigenvalue weighted by Crippen LogP contribution is 2.25. The SMILES string of the molecule is CCn1nnc(-c2ccc(Nc3nccc(-c4cccc(N5CCOCC5)c4)n3)cc2)n1. The third-order valence-electron chi connectivity index (χ3n) is 5.31. The summed E-state index contributed by atoms with van der Waals surface area (Å²) in [5.74, 6) is 1.15. The van der Waals surface area contributed by atoms with Crippen LogP contribution in [0.4, 0.5) is 17.3 Å². The molecule has 4 aromatic rings. The van der Waals surface area contributed by atoms with E-state index in [0.29, 0.717) is 18.3 Å². The number of aryl methyl sites for hydroxylation is 1. The summed E-state index contributed by atoms with van der Waals surface area (Å²) >= 11 is 0. The summed E-state index contributed by atoms with van der Waals surface area (Å²) in [6, 6.07) is 18.2. The monoisotopic (exact) mass is 428 g/mol. The van der Waals surface area contributed by atoms with Crippen LogP contribution in [0.3, 0.4) is 0 Å². The first kappa shape index (κ1) is 20.1. The lowest BCUT2D eigenvalue weighted by Gasteiger charge is -2.29. The molecule has 0 unspecified atom stereocenters. The number of aromatic nitrogens is 6. The highest BCUT2D eigenvalue weighted by atomic mass is 16.5. The normalized spacial score (nSPS) is 13.8. The van der Waals surface area contributed by atoms with Crippen LogP contribution in [-0.4, -0.2) is 56.5 Å². The van der Waals surface area contributed by atoms with Crippen molar-refractivity contribution in [2.75, 3.05) is 36.5 Å². The van der Waals surface area contributed by atoms with E-state index in [9.17, 15) is 0 Å². The van der Waals surface area contributed by atoms with Crippen LogP contribution >= 0.6 is 0 Å². The molecule has 1 fully saturated rings. The van der Waals surface area contributed by atoms with Gasteiger partial charge < -0.3 is 15.0 Å². The van der Waals surface area contributed by atoms with Crippen LogP contribution in [0.1, 0.15) is 6.92 Å². The number of nitrogens with one attached hydrogen (secondary N) is 1. The van der Waals surface area contributed by atoms with E-state index < -0.39 is 0 Å². The second-order valence-corrected chi connectivity index (χ2v) is 7.42. The third-order valence-corrected chi connectivity index (χ3v) is 5.31. The van der Waals surface area contributed by atoms with Crippen LogP contribution in [0.15, 0.2) is 60.8 Å². The molecule has 162 valence electrons. The first-order valence-electron chi connectivity index (χ1n) is 10.7. The predicted octanol–water partition coefficient (Wildman–Crippen LogP) is 3.40. The van der Waals surface area contributed by atoms with Crippen LogP contribution in [0.2, 0.25) is 0 Å². The van der Waals surface area contributed by atoms with Crippen molar-refractivity contribution < 1.29 is 4.74 Å². The van der Waals surface area contributed by atoms with Gasteiger partial charge in [-0.15, -0.1) is 10.2 Å². The van der Waals surface area contributed by atoms with Gasteiger partial charge in [-0.1, -0.05) is 12.1 Å². The molecule has 2 aromatic carbocycles. The second kappa shape index (κ2) is 9.11. The zero-order chi connectivity index (χ0) is 21.8. The Bertz CT molecular complexity index is 1180. The molecule has 0 radical (unpaired) electrons. The van der Waals surface area contributed by atoms with Gasteiger partial charge in [0.1, 0.15) is 0 Å². The number of ether oxygens (including phenoxy) is 1. The molecule has 0 aliphatic carbocycles. The van der Waals surface area contributed by atoms with Gasteiger partial charge >= 0.3 is 0 Å². The molecule has 3 heterocycles. The molecule has 1 aliphatic heterocycles. The van der Waals surface area contributed by atoms with Crippen molar-refractivity contribution in [3.63, 3.8) is 0 Å². The Kier molecular flexibility index (Phi) is 5.71. The van der Waals surface area contributed by atoms with Crippen molar-refractivity contribution in [2.24, 2.45) is 0 Å². The summed E-state index contributed by atoms with van der Waals surface area (Å²) in [5, 5.41) is 15.7. The molecule has 32 heavy (non-hydrogen) atoms. The Morgan fingerprint density at radius 1 is 1.00 bits per heavy atom. The fraction of sp³-hybridized carbons (Fsp3) is 0.261. The highest BCUT2D eigenvalue weighted by molar-refractivity contribution is 5.67. The van der Waals surface area contributed by atoms with Gasteiger partial charge in [0.2, 0.25) is 11.8 Å². The van der Waals surface area contributed by atoms with Gasteiger partial charge in [0, 0.05) is 41.8 Å². The lowest BCUT2D eigenvalue weighted by Crippen LogP contribution is -2.36. The number of benzene rings is 2. The summed E-state index contributed by atoms with van der Waals surface area (Å²) in [5.41, 5.74) is 4.90. The van der Waals surface area contributed by atoms with E-state index in [1.165, 1.54) is 5.69 Å². The second-order valence-electron chi connectivity index (χ2n) is 7.42. The first-order chi connectivity index (χ1) is 15.8. The van der Waals surface area contributed by atoms with Gasteiger partial charge in [-0.25, -0.2) is 9.97 Å². The molecule has 1 aliphatic rings. The minimum atomic E-state index is 0.544. The lowest BCUT2D eigenvalue weighted by molar-refractivity contribution is 0.122. The summed E-state index contributed by atoms with van der Waals surface area (Å²) in [6.45, 7) is 6.00. The number of nitrogens with zero attached hydrogens (tertiary/aromatic N) is 7. The largest absolute Gasteiger partial charge is 0.378 e. The molecule has 5 rings (SSSR count). The average Bonchev–Trinajstić information content (AvgIpc) is 3.35. The number of hydrogen-bond donors (Lipinski definition) is 1. The maximum atomic E-state index is 5.47. The minimum absolute atomic E-state index is 0.544. The molecule has 1 saturated heterocycles. The Morgan fingerprint density at radius 2 is 1.84 bits per heavy atom. The fourth-order valence-electron chi connectivity index (χ4n) is 3.59. The molecule has 0 saturated carbocycles. The van der Waals surface area contributed by atoms with Gasteiger partial charge in [-0.05, 0) is 54.6 Å². The molecule has 0 spiro atoms. The number of morpholine rings is 1. The van der Waals surface area contributed by atoms with Crippen molar-refractivity contribution in [2.45, 2.75) is 13.5 Å². The van der Waals surface area contributed by atoms with E-state index in [1.807, 2.05) is 37.3 Å². The average molecular weight is 429 g/mol. The van der Waals surface area contributed by atoms with E-state index in [4.69, 9.17) is 9.72 Å². The summed E-state index contributed by atoms with van der Waals surface area (Å²) in [6.07, 6.45) is 1.77. The number of anilines is 3. The Morgan fingerprint density at radius 3 is 2.62 bits per heavy atom. The highest BCUT2D eigenvalue weighted by Gasteiger charge is 2.12. The molecule has 2 aromatic heterocycles. The summed E-state index contributed by atoms with van der Waals surface area (Å²) in [4.78, 5) is 13.0. The van der Waals surface area contributed by atoms with Gasteiger partial charge in [-0.2, -0.15) is 4.80 Å². The van der Waals surface area contributed by atoms with Crippen molar-refractivity contribution in [3.05, 3.63) is 60.8 Å². The van der Waals surface area contributed by atoms with Crippen molar-refractivity contribution in [1.82, 2.24) is 30.2 Å². The van der Waals surface area contributed by atoms with Gasteiger partial charge in [0.05, 0.1) is 25.5 Å². The van der Waals surface area contributed by atoms with Gasteiger partial charge in [0.15, 0.2) is 0 Å². The van der Waals surface area contributed by atoms with Crippen LogP contribution in [-0.2, 0) is 11.3 Å². The van der Waals surface area contributed by atoms with E-state index in [-0.39, 0.29) is 0 Å². The van der Waals surface area contributed by atoms with E-state index in [1.54, 1.807) is 11.0 Å². The molecule has 0 bridgehead atoms. The third kappa shape index (κ3) is 4.42. The van der Waals surface area contributed by atoms with Crippen molar-refractivity contribution in [3.8, 4) is 22.6 Å². The number of hydrogen-bond acceptors (Lipinski definition) is 8. The van der Waals surface area contributed by atoms with E-state index in [0.717, 1.165) is 48.8 Å². The molecular weight excluding hydrogens is 404 g/mol. The molecule has 0 atom stereocenters. The molecule has 0 amide bonds.